The third-order valence-electron chi connectivity index (χ3n) is 6.01. The molecule has 4 aromatic rings. The normalized spacial score (nSPS) is 15.8. The molecular formula is C25H24Cl2IN6O2P. The van der Waals surface area contributed by atoms with Crippen LogP contribution >= 0.6 is 51.6 Å². The molecule has 1 aliphatic heterocycles. The Morgan fingerprint density at radius 2 is 1.89 bits per heavy atom. The Labute approximate surface area is 239 Å². The first-order valence-electron chi connectivity index (χ1n) is 11.7. The minimum atomic E-state index is -0.354. The number of hydrogen-bond donors (Lipinski definition) is 0. The Kier molecular flexibility index (Phi) is 8.89. The summed E-state index contributed by atoms with van der Waals surface area (Å²) in [7, 11) is 0. The maximum absolute atomic E-state index is 6.32. The number of pyridine rings is 1. The maximum atomic E-state index is 6.32. The largest absolute Gasteiger partial charge is 0.486 e. The molecule has 192 valence electrons. The van der Waals surface area contributed by atoms with Gasteiger partial charge >= 0.3 is 0 Å². The Balaban J connectivity index is 1.35. The molecule has 0 saturated carbocycles. The molecule has 0 amide bonds. The fourth-order valence-corrected chi connectivity index (χ4v) is 6.36. The Bertz CT molecular complexity index is 1390. The summed E-state index contributed by atoms with van der Waals surface area (Å²) >= 11 is 15.0. The summed E-state index contributed by atoms with van der Waals surface area (Å²) in [6.45, 7) is 6.07. The molecule has 1 aromatic carbocycles. The van der Waals surface area contributed by atoms with Crippen molar-refractivity contribution < 1.29 is 9.47 Å². The van der Waals surface area contributed by atoms with E-state index in [4.69, 9.17) is 37.8 Å². The third-order valence-corrected chi connectivity index (χ3v) is 8.49. The first-order valence-corrected chi connectivity index (χ1v) is 16.5. The standard InChI is InChI=1S/C25H24Cl2IN6O2P/c1-16(25-21(26)13-29-14-22(25)27)36-19-5-7-24-20(12-19)23(32-34(24)37-28)6-4-17-2-3-18(31-30-17)15-33-8-10-35-11-9-33/h2-7,12-14,16,37H,8-11,15H2,1H3/b6-4+. The van der Waals surface area contributed by atoms with Crippen molar-refractivity contribution in [2.75, 3.05) is 26.3 Å². The van der Waals surface area contributed by atoms with Gasteiger partial charge in [0.2, 0.25) is 0 Å². The molecule has 2 atom stereocenters. The first-order chi connectivity index (χ1) is 18.0. The molecule has 8 nitrogen and oxygen atoms in total. The summed E-state index contributed by atoms with van der Waals surface area (Å²) in [6, 6.07) is 9.95. The van der Waals surface area contributed by atoms with Crippen LogP contribution in [0.3, 0.4) is 0 Å². The lowest BCUT2D eigenvalue weighted by molar-refractivity contribution is 0.0335. The molecule has 3 aromatic heterocycles. The second-order valence-electron chi connectivity index (χ2n) is 8.51. The molecule has 1 fully saturated rings. The van der Waals surface area contributed by atoms with Crippen LogP contribution in [0.1, 0.15) is 35.7 Å². The van der Waals surface area contributed by atoms with Gasteiger partial charge in [-0.25, -0.2) is 4.45 Å². The van der Waals surface area contributed by atoms with Gasteiger partial charge in [-0.1, -0.05) is 23.2 Å². The number of nitrogens with zero attached hydrogens (tertiary/aromatic N) is 6. The number of hydrogen-bond acceptors (Lipinski definition) is 7. The van der Waals surface area contributed by atoms with Gasteiger partial charge in [-0.15, -0.1) is 0 Å². The highest BCUT2D eigenvalue weighted by Gasteiger charge is 2.17. The van der Waals surface area contributed by atoms with Crippen molar-refractivity contribution >= 4 is 74.7 Å². The molecule has 0 N–H and O–H groups in total. The molecule has 0 spiro atoms. The molecule has 1 aliphatic rings. The van der Waals surface area contributed by atoms with Crippen LogP contribution in [0.2, 0.25) is 10.0 Å². The summed E-state index contributed by atoms with van der Waals surface area (Å²) in [5.74, 6) is 0.696. The van der Waals surface area contributed by atoms with Gasteiger partial charge in [0, 0.05) is 43.0 Å². The zero-order chi connectivity index (χ0) is 25.8. The van der Waals surface area contributed by atoms with Crippen LogP contribution < -0.4 is 4.74 Å². The van der Waals surface area contributed by atoms with E-state index in [0.29, 0.717) is 27.7 Å². The van der Waals surface area contributed by atoms with Crippen molar-refractivity contribution in [3.8, 4) is 5.75 Å². The van der Waals surface area contributed by atoms with Gasteiger partial charge in [0.1, 0.15) is 11.9 Å². The molecule has 4 heterocycles. The van der Waals surface area contributed by atoms with Crippen LogP contribution in [-0.2, 0) is 11.3 Å². The number of halogens is 3. The van der Waals surface area contributed by atoms with Gasteiger partial charge < -0.3 is 9.47 Å². The van der Waals surface area contributed by atoms with E-state index < -0.39 is 0 Å². The molecule has 12 heteroatoms. The average molecular weight is 669 g/mol. The molecule has 1 saturated heterocycles. The van der Waals surface area contributed by atoms with E-state index in [1.165, 1.54) is 0 Å². The first kappa shape index (κ1) is 26.7. The molecule has 0 bridgehead atoms. The van der Waals surface area contributed by atoms with E-state index in [1.54, 1.807) is 12.4 Å². The van der Waals surface area contributed by atoms with E-state index in [1.807, 2.05) is 53.9 Å². The molecular weight excluding hydrogens is 645 g/mol. The predicted octanol–water partition coefficient (Wildman–Crippen LogP) is 6.46. The Morgan fingerprint density at radius 1 is 1.11 bits per heavy atom. The van der Waals surface area contributed by atoms with Crippen molar-refractivity contribution in [3.63, 3.8) is 0 Å². The number of fused-ring (bicyclic) bond motifs is 1. The summed E-state index contributed by atoms with van der Waals surface area (Å²) in [6.07, 6.45) is 7.14. The Hall–Kier alpha value is -1.88. The highest BCUT2D eigenvalue weighted by atomic mass is 127. The van der Waals surface area contributed by atoms with E-state index in [0.717, 1.165) is 60.8 Å². The quantitative estimate of drug-likeness (QED) is 0.158. The number of benzene rings is 1. The summed E-state index contributed by atoms with van der Waals surface area (Å²) in [4.78, 5) is 6.34. The Morgan fingerprint density at radius 3 is 2.59 bits per heavy atom. The smallest absolute Gasteiger partial charge is 0.124 e. The number of morpholine rings is 1. The summed E-state index contributed by atoms with van der Waals surface area (Å²) < 4.78 is 13.6. The van der Waals surface area contributed by atoms with Gasteiger partial charge in [0.15, 0.2) is 0 Å². The van der Waals surface area contributed by atoms with E-state index >= 15 is 0 Å². The van der Waals surface area contributed by atoms with Crippen LogP contribution in [0, 0.1) is 0 Å². The minimum Gasteiger partial charge on any atom is -0.486 e. The number of aromatic nitrogens is 5. The summed E-state index contributed by atoms with van der Waals surface area (Å²) in [5, 5.41) is 15.5. The topological polar surface area (TPSA) is 78.2 Å². The van der Waals surface area contributed by atoms with Crippen LogP contribution in [0.25, 0.3) is 23.1 Å². The average Bonchev–Trinajstić information content (AvgIpc) is 3.26. The highest BCUT2D eigenvalue weighted by Crippen LogP contribution is 2.36. The van der Waals surface area contributed by atoms with E-state index in [9.17, 15) is 0 Å². The number of ether oxygens (including phenoxy) is 2. The van der Waals surface area contributed by atoms with Crippen LogP contribution in [0.5, 0.6) is 5.75 Å². The zero-order valence-electron chi connectivity index (χ0n) is 19.9. The third kappa shape index (κ3) is 6.41. The second-order valence-corrected chi connectivity index (χ2v) is 11.4. The van der Waals surface area contributed by atoms with Crippen molar-refractivity contribution in [3.05, 3.63) is 75.4 Å². The predicted molar refractivity (Wildman–Crippen MR) is 158 cm³/mol. The van der Waals surface area contributed by atoms with Crippen molar-refractivity contribution in [2.24, 2.45) is 0 Å². The lowest BCUT2D eigenvalue weighted by Crippen LogP contribution is -2.35. The van der Waals surface area contributed by atoms with Crippen LogP contribution in [0.15, 0.2) is 42.7 Å². The van der Waals surface area contributed by atoms with Crippen LogP contribution in [-0.4, -0.2) is 55.9 Å². The minimum absolute atomic E-state index is 0.354. The van der Waals surface area contributed by atoms with Gasteiger partial charge in [-0.05, 0) is 71.4 Å². The van der Waals surface area contributed by atoms with E-state index in [2.05, 4.69) is 42.1 Å². The molecule has 0 radical (unpaired) electrons. The fraction of sp³-hybridized carbons (Fsp3) is 0.280. The molecule has 5 rings (SSSR count). The van der Waals surface area contributed by atoms with Crippen molar-refractivity contribution in [1.82, 2.24) is 29.6 Å². The van der Waals surface area contributed by atoms with Crippen molar-refractivity contribution in [2.45, 2.75) is 19.6 Å². The van der Waals surface area contributed by atoms with E-state index in [-0.39, 0.29) is 6.10 Å². The SMILES string of the molecule is CC(Oc1ccc2c(c1)c(/C=C/c1ccc(CN3CCOCC3)nn1)nn2PI)c1c(Cl)cncc1Cl. The maximum Gasteiger partial charge on any atom is 0.124 e. The van der Waals surface area contributed by atoms with Gasteiger partial charge in [-0.3, -0.25) is 9.88 Å². The highest BCUT2D eigenvalue weighted by molar-refractivity contribution is 14.2. The van der Waals surface area contributed by atoms with Gasteiger partial charge in [0.25, 0.3) is 0 Å². The molecule has 2 unspecified atom stereocenters. The zero-order valence-corrected chi connectivity index (χ0v) is 24.6. The van der Waals surface area contributed by atoms with Crippen molar-refractivity contribution in [1.29, 1.82) is 0 Å². The second kappa shape index (κ2) is 12.3. The van der Waals surface area contributed by atoms with Gasteiger partial charge in [0.05, 0.1) is 52.2 Å². The number of rotatable bonds is 8. The lowest BCUT2D eigenvalue weighted by atomic mass is 10.1. The monoisotopic (exact) mass is 668 g/mol. The van der Waals surface area contributed by atoms with Gasteiger partial charge in [-0.2, -0.15) is 15.3 Å². The van der Waals surface area contributed by atoms with Crippen LogP contribution in [0.4, 0.5) is 0 Å². The molecule has 0 aliphatic carbocycles. The lowest BCUT2D eigenvalue weighted by Gasteiger charge is -2.25. The molecule has 37 heavy (non-hydrogen) atoms. The summed E-state index contributed by atoms with van der Waals surface area (Å²) in [5.41, 5.74) is 4.29. The fourth-order valence-electron chi connectivity index (χ4n) is 4.15.